The molecule has 2 rings (SSSR count). The normalized spacial score (nSPS) is 10.5. The SMILES string of the molecule is CCc1nc(CNC(=O)c2cc(F)ccc2F)cs1. The first-order valence-corrected chi connectivity index (χ1v) is 6.64. The van der Waals surface area contributed by atoms with Crippen LogP contribution in [-0.2, 0) is 13.0 Å². The van der Waals surface area contributed by atoms with Crippen LogP contribution in [0, 0.1) is 11.6 Å². The van der Waals surface area contributed by atoms with E-state index < -0.39 is 17.5 Å². The summed E-state index contributed by atoms with van der Waals surface area (Å²) in [5.41, 5.74) is 0.415. The number of aromatic nitrogens is 1. The zero-order valence-corrected chi connectivity index (χ0v) is 11.1. The van der Waals surface area contributed by atoms with Crippen molar-refractivity contribution >= 4 is 17.2 Å². The van der Waals surface area contributed by atoms with Gasteiger partial charge in [-0.1, -0.05) is 6.92 Å². The van der Waals surface area contributed by atoms with Crippen molar-refractivity contribution in [2.45, 2.75) is 19.9 Å². The van der Waals surface area contributed by atoms with Crippen LogP contribution in [0.4, 0.5) is 8.78 Å². The number of hydrogen-bond donors (Lipinski definition) is 1. The van der Waals surface area contributed by atoms with Gasteiger partial charge in [0.05, 0.1) is 22.8 Å². The summed E-state index contributed by atoms with van der Waals surface area (Å²) in [6.07, 6.45) is 0.830. The summed E-state index contributed by atoms with van der Waals surface area (Å²) in [6, 6.07) is 2.78. The zero-order valence-electron chi connectivity index (χ0n) is 10.2. The van der Waals surface area contributed by atoms with Crippen LogP contribution in [0.2, 0.25) is 0 Å². The maximum atomic E-state index is 13.4. The van der Waals surface area contributed by atoms with Gasteiger partial charge >= 0.3 is 0 Å². The molecular formula is C13H12F2N2OS. The molecule has 1 heterocycles. The lowest BCUT2D eigenvalue weighted by atomic mass is 10.2. The van der Waals surface area contributed by atoms with Crippen molar-refractivity contribution in [3.8, 4) is 0 Å². The Morgan fingerprint density at radius 2 is 2.21 bits per heavy atom. The Morgan fingerprint density at radius 1 is 1.42 bits per heavy atom. The summed E-state index contributed by atoms with van der Waals surface area (Å²) < 4.78 is 26.3. The van der Waals surface area contributed by atoms with Gasteiger partial charge in [-0.3, -0.25) is 4.79 Å². The minimum Gasteiger partial charge on any atom is -0.346 e. The number of thiazole rings is 1. The third kappa shape index (κ3) is 3.35. The molecule has 3 nitrogen and oxygen atoms in total. The fourth-order valence-electron chi connectivity index (χ4n) is 1.53. The molecule has 0 unspecified atom stereocenters. The Kier molecular flexibility index (Phi) is 4.21. The van der Waals surface area contributed by atoms with E-state index >= 15 is 0 Å². The number of carbonyl (C=O) groups is 1. The molecule has 0 aliphatic heterocycles. The second-order valence-electron chi connectivity index (χ2n) is 3.89. The molecule has 1 N–H and O–H groups in total. The first-order valence-electron chi connectivity index (χ1n) is 5.76. The van der Waals surface area contributed by atoms with Gasteiger partial charge in [-0.05, 0) is 24.6 Å². The number of halogens is 2. The predicted octanol–water partition coefficient (Wildman–Crippen LogP) is 2.91. The highest BCUT2D eigenvalue weighted by Gasteiger charge is 2.13. The number of hydrogen-bond acceptors (Lipinski definition) is 3. The second-order valence-corrected chi connectivity index (χ2v) is 4.84. The Bertz CT molecular complexity index is 598. The highest BCUT2D eigenvalue weighted by molar-refractivity contribution is 7.09. The molecule has 1 aromatic carbocycles. The Morgan fingerprint density at radius 3 is 2.89 bits per heavy atom. The van der Waals surface area contributed by atoms with Crippen molar-refractivity contribution < 1.29 is 13.6 Å². The van der Waals surface area contributed by atoms with Crippen molar-refractivity contribution in [3.63, 3.8) is 0 Å². The highest BCUT2D eigenvalue weighted by Crippen LogP contribution is 2.12. The van der Waals surface area contributed by atoms with E-state index in [4.69, 9.17) is 0 Å². The number of benzene rings is 1. The molecule has 0 atom stereocenters. The molecule has 19 heavy (non-hydrogen) atoms. The molecule has 0 radical (unpaired) electrons. The molecular weight excluding hydrogens is 270 g/mol. The monoisotopic (exact) mass is 282 g/mol. The van der Waals surface area contributed by atoms with Gasteiger partial charge < -0.3 is 5.32 Å². The Hall–Kier alpha value is -1.82. The highest BCUT2D eigenvalue weighted by atomic mass is 32.1. The van der Waals surface area contributed by atoms with Crippen molar-refractivity contribution in [1.29, 1.82) is 0 Å². The quantitative estimate of drug-likeness (QED) is 0.937. The number of nitrogens with one attached hydrogen (secondary N) is 1. The number of nitrogens with zero attached hydrogens (tertiary/aromatic N) is 1. The zero-order chi connectivity index (χ0) is 13.8. The van der Waals surface area contributed by atoms with E-state index in [9.17, 15) is 13.6 Å². The van der Waals surface area contributed by atoms with Crippen LogP contribution in [0.3, 0.4) is 0 Å². The van der Waals surface area contributed by atoms with Gasteiger partial charge in [0.1, 0.15) is 11.6 Å². The van der Waals surface area contributed by atoms with E-state index in [2.05, 4.69) is 10.3 Å². The van der Waals surface area contributed by atoms with E-state index in [0.717, 1.165) is 29.6 Å². The fraction of sp³-hybridized carbons (Fsp3) is 0.231. The van der Waals surface area contributed by atoms with E-state index in [-0.39, 0.29) is 12.1 Å². The summed E-state index contributed by atoms with van der Waals surface area (Å²) in [5.74, 6) is -2.04. The molecule has 100 valence electrons. The van der Waals surface area contributed by atoms with E-state index in [1.807, 2.05) is 12.3 Å². The topological polar surface area (TPSA) is 42.0 Å². The van der Waals surface area contributed by atoms with Crippen LogP contribution >= 0.6 is 11.3 Å². The van der Waals surface area contributed by atoms with Gasteiger partial charge in [0.25, 0.3) is 5.91 Å². The molecule has 1 aromatic heterocycles. The Labute approximate surface area is 113 Å². The summed E-state index contributed by atoms with van der Waals surface area (Å²) in [4.78, 5) is 16.0. The molecule has 0 aliphatic carbocycles. The van der Waals surface area contributed by atoms with Crippen molar-refractivity contribution in [3.05, 3.63) is 51.5 Å². The van der Waals surface area contributed by atoms with Crippen LogP contribution in [0.5, 0.6) is 0 Å². The predicted molar refractivity (Wildman–Crippen MR) is 69.0 cm³/mol. The van der Waals surface area contributed by atoms with Crippen LogP contribution in [-0.4, -0.2) is 10.9 Å². The number of carbonyl (C=O) groups excluding carboxylic acids is 1. The third-order valence-corrected chi connectivity index (χ3v) is 3.55. The summed E-state index contributed by atoms with van der Waals surface area (Å²) >= 11 is 1.51. The smallest absolute Gasteiger partial charge is 0.254 e. The van der Waals surface area contributed by atoms with Crippen LogP contribution < -0.4 is 5.32 Å². The average Bonchev–Trinajstić information content (AvgIpc) is 2.87. The van der Waals surface area contributed by atoms with E-state index in [1.165, 1.54) is 11.3 Å². The van der Waals surface area contributed by atoms with Gasteiger partial charge in [-0.2, -0.15) is 0 Å². The van der Waals surface area contributed by atoms with E-state index in [1.54, 1.807) is 0 Å². The van der Waals surface area contributed by atoms with Crippen molar-refractivity contribution in [2.24, 2.45) is 0 Å². The number of rotatable bonds is 4. The molecule has 2 aromatic rings. The van der Waals surface area contributed by atoms with Crippen molar-refractivity contribution in [2.75, 3.05) is 0 Å². The van der Waals surface area contributed by atoms with E-state index in [0.29, 0.717) is 5.69 Å². The fourth-order valence-corrected chi connectivity index (χ4v) is 2.27. The molecule has 1 amide bonds. The first-order chi connectivity index (χ1) is 9.10. The van der Waals surface area contributed by atoms with Crippen LogP contribution in [0.1, 0.15) is 28.0 Å². The van der Waals surface area contributed by atoms with Gasteiger partial charge in [0, 0.05) is 5.38 Å². The lowest BCUT2D eigenvalue weighted by Gasteiger charge is -2.04. The molecule has 0 saturated carbocycles. The summed E-state index contributed by atoms with van der Waals surface area (Å²) in [5, 5.41) is 5.33. The second kappa shape index (κ2) is 5.88. The average molecular weight is 282 g/mol. The summed E-state index contributed by atoms with van der Waals surface area (Å²) in [6.45, 7) is 2.19. The van der Waals surface area contributed by atoms with Gasteiger partial charge in [-0.25, -0.2) is 13.8 Å². The number of amides is 1. The Balaban J connectivity index is 2.03. The van der Waals surface area contributed by atoms with Crippen LogP contribution in [0.15, 0.2) is 23.6 Å². The minimum atomic E-state index is -0.744. The molecule has 0 saturated heterocycles. The largest absolute Gasteiger partial charge is 0.346 e. The standard InChI is InChI=1S/C13H12F2N2OS/c1-2-12-17-9(7-19-12)6-16-13(18)10-5-8(14)3-4-11(10)15/h3-5,7H,2,6H2,1H3,(H,16,18). The molecule has 6 heteroatoms. The maximum absolute atomic E-state index is 13.4. The van der Waals surface area contributed by atoms with Gasteiger partial charge in [0.15, 0.2) is 0 Å². The summed E-state index contributed by atoms with van der Waals surface area (Å²) in [7, 11) is 0. The van der Waals surface area contributed by atoms with Gasteiger partial charge in [-0.15, -0.1) is 11.3 Å². The first kappa shape index (κ1) is 13.6. The van der Waals surface area contributed by atoms with Crippen LogP contribution in [0.25, 0.3) is 0 Å². The third-order valence-electron chi connectivity index (χ3n) is 2.50. The molecule has 0 spiro atoms. The molecule has 0 fully saturated rings. The van der Waals surface area contributed by atoms with Gasteiger partial charge in [0.2, 0.25) is 0 Å². The lowest BCUT2D eigenvalue weighted by molar-refractivity contribution is 0.0946. The molecule has 0 bridgehead atoms. The number of aryl methyl sites for hydroxylation is 1. The minimum absolute atomic E-state index is 0.200. The lowest BCUT2D eigenvalue weighted by Crippen LogP contribution is -2.24. The molecule has 0 aliphatic rings. The maximum Gasteiger partial charge on any atom is 0.254 e. The van der Waals surface area contributed by atoms with Crippen molar-refractivity contribution in [1.82, 2.24) is 10.3 Å².